The van der Waals surface area contributed by atoms with Crippen molar-refractivity contribution in [2.45, 2.75) is 32.4 Å². The lowest BCUT2D eigenvalue weighted by Crippen LogP contribution is -2.35. The van der Waals surface area contributed by atoms with E-state index < -0.39 is 0 Å². The minimum absolute atomic E-state index is 0.634. The van der Waals surface area contributed by atoms with E-state index in [1.807, 2.05) is 0 Å². The van der Waals surface area contributed by atoms with Gasteiger partial charge in [-0.1, -0.05) is 13.8 Å². The van der Waals surface area contributed by atoms with E-state index in [1.54, 1.807) is 0 Å². The molecule has 1 saturated heterocycles. The van der Waals surface area contributed by atoms with Gasteiger partial charge in [-0.25, -0.2) is 0 Å². The molecule has 0 bridgehead atoms. The highest BCUT2D eigenvalue weighted by atomic mass is 15.0. The number of rotatable bonds is 2. The van der Waals surface area contributed by atoms with Gasteiger partial charge < -0.3 is 10.6 Å². The van der Waals surface area contributed by atoms with Crippen molar-refractivity contribution in [2.24, 2.45) is 0 Å². The van der Waals surface area contributed by atoms with Crippen LogP contribution in [0.5, 0.6) is 0 Å². The van der Waals surface area contributed by atoms with Crippen molar-refractivity contribution in [3.05, 3.63) is 0 Å². The van der Waals surface area contributed by atoms with Crippen LogP contribution in [0.1, 0.15) is 20.3 Å². The van der Waals surface area contributed by atoms with Crippen molar-refractivity contribution in [3.8, 4) is 0 Å². The van der Waals surface area contributed by atoms with E-state index in [0.29, 0.717) is 6.04 Å². The Hall–Kier alpha value is -0.0800. The van der Waals surface area contributed by atoms with E-state index in [2.05, 4.69) is 24.5 Å². The fourth-order valence-corrected chi connectivity index (χ4v) is 1.27. The summed E-state index contributed by atoms with van der Waals surface area (Å²) in [6.45, 7) is 6.72. The van der Waals surface area contributed by atoms with Crippen molar-refractivity contribution < 1.29 is 0 Å². The predicted molar refractivity (Wildman–Crippen MR) is 39.5 cm³/mol. The van der Waals surface area contributed by atoms with E-state index in [9.17, 15) is 0 Å². The summed E-state index contributed by atoms with van der Waals surface area (Å²) in [6.07, 6.45) is 1.29. The van der Waals surface area contributed by atoms with Crippen LogP contribution >= 0.6 is 0 Å². The molecule has 1 atom stereocenters. The van der Waals surface area contributed by atoms with Crippen LogP contribution in [0.3, 0.4) is 0 Å². The molecular formula is C7H16N2. The molecule has 0 amide bonds. The van der Waals surface area contributed by atoms with Gasteiger partial charge in [0.15, 0.2) is 0 Å². The average Bonchev–Trinajstić information content (AvgIpc) is 2.15. The molecule has 1 aliphatic rings. The third-order valence-corrected chi connectivity index (χ3v) is 1.63. The lowest BCUT2D eigenvalue weighted by molar-refractivity contribution is 0.489. The molecule has 0 aromatic carbocycles. The summed E-state index contributed by atoms with van der Waals surface area (Å²) in [6, 6.07) is 1.36. The number of nitrogens with one attached hydrogen (secondary N) is 2. The molecule has 1 rings (SSSR count). The summed E-state index contributed by atoms with van der Waals surface area (Å²) in [7, 11) is 0. The summed E-state index contributed by atoms with van der Waals surface area (Å²) >= 11 is 0. The fourth-order valence-electron chi connectivity index (χ4n) is 1.27. The van der Waals surface area contributed by atoms with Crippen LogP contribution in [0, 0.1) is 0 Å². The standard InChI is InChI=1S/C7H16N2/c1-6(2)9-7-3-4-8-5-7/h6-9H,3-5H2,1-2H3/t7-/m1/s1. The van der Waals surface area contributed by atoms with Crippen LogP contribution in [0.4, 0.5) is 0 Å². The van der Waals surface area contributed by atoms with Gasteiger partial charge in [0, 0.05) is 18.6 Å². The minimum Gasteiger partial charge on any atom is -0.315 e. The molecule has 54 valence electrons. The first-order valence-corrected chi connectivity index (χ1v) is 3.76. The molecule has 2 nitrogen and oxygen atoms in total. The molecule has 9 heavy (non-hydrogen) atoms. The topological polar surface area (TPSA) is 24.1 Å². The zero-order valence-electron chi connectivity index (χ0n) is 6.28. The maximum atomic E-state index is 3.48. The van der Waals surface area contributed by atoms with E-state index >= 15 is 0 Å². The van der Waals surface area contributed by atoms with Crippen molar-refractivity contribution in [3.63, 3.8) is 0 Å². The van der Waals surface area contributed by atoms with Crippen molar-refractivity contribution in [1.82, 2.24) is 10.6 Å². The van der Waals surface area contributed by atoms with Gasteiger partial charge in [-0.2, -0.15) is 0 Å². The summed E-state index contributed by atoms with van der Waals surface area (Å²) in [5.74, 6) is 0. The van der Waals surface area contributed by atoms with Crippen molar-refractivity contribution in [2.75, 3.05) is 13.1 Å². The number of hydrogen-bond donors (Lipinski definition) is 2. The molecule has 0 aliphatic carbocycles. The van der Waals surface area contributed by atoms with Crippen LogP contribution in [-0.2, 0) is 0 Å². The van der Waals surface area contributed by atoms with E-state index in [1.165, 1.54) is 13.0 Å². The monoisotopic (exact) mass is 128 g/mol. The molecule has 1 fully saturated rings. The Balaban J connectivity index is 2.11. The van der Waals surface area contributed by atoms with Gasteiger partial charge in [0.2, 0.25) is 0 Å². The molecule has 2 N–H and O–H groups in total. The second-order valence-corrected chi connectivity index (χ2v) is 3.01. The second-order valence-electron chi connectivity index (χ2n) is 3.01. The van der Waals surface area contributed by atoms with Gasteiger partial charge in [-0.3, -0.25) is 0 Å². The fraction of sp³-hybridized carbons (Fsp3) is 1.00. The number of hydrogen-bond acceptors (Lipinski definition) is 2. The van der Waals surface area contributed by atoms with Gasteiger partial charge >= 0.3 is 0 Å². The lowest BCUT2D eigenvalue weighted by Gasteiger charge is -2.13. The lowest BCUT2D eigenvalue weighted by atomic mass is 10.2. The first kappa shape index (κ1) is 7.03. The maximum Gasteiger partial charge on any atom is 0.0206 e. The molecule has 2 heteroatoms. The molecule has 0 unspecified atom stereocenters. The maximum absolute atomic E-state index is 3.48. The average molecular weight is 128 g/mol. The third kappa shape index (κ3) is 2.33. The van der Waals surface area contributed by atoms with Crippen molar-refractivity contribution >= 4 is 0 Å². The SMILES string of the molecule is CC(C)N[C@@H]1CCNC1. The first-order chi connectivity index (χ1) is 4.29. The van der Waals surface area contributed by atoms with E-state index in [0.717, 1.165) is 12.6 Å². The molecule has 0 aromatic heterocycles. The summed E-state index contributed by atoms with van der Waals surface area (Å²) < 4.78 is 0. The Morgan fingerprint density at radius 1 is 1.56 bits per heavy atom. The van der Waals surface area contributed by atoms with Gasteiger partial charge in [0.1, 0.15) is 0 Å². The molecule has 0 aromatic rings. The van der Waals surface area contributed by atoms with E-state index in [4.69, 9.17) is 0 Å². The molecule has 0 spiro atoms. The molecule has 1 aliphatic heterocycles. The predicted octanol–water partition coefficient (Wildman–Crippen LogP) is 0.346. The second kappa shape index (κ2) is 3.18. The molecule has 1 heterocycles. The zero-order valence-corrected chi connectivity index (χ0v) is 6.28. The summed E-state index contributed by atoms with van der Waals surface area (Å²) in [4.78, 5) is 0. The quantitative estimate of drug-likeness (QED) is 0.560. The normalized spacial score (nSPS) is 27.7. The van der Waals surface area contributed by atoms with Crippen LogP contribution in [-0.4, -0.2) is 25.2 Å². The molecular weight excluding hydrogens is 112 g/mol. The Morgan fingerprint density at radius 3 is 2.78 bits per heavy atom. The highest BCUT2D eigenvalue weighted by molar-refractivity contribution is 4.78. The Bertz CT molecular complexity index is 75.0. The molecule has 0 radical (unpaired) electrons. The highest BCUT2D eigenvalue weighted by Crippen LogP contribution is 1.97. The van der Waals surface area contributed by atoms with Crippen LogP contribution in [0.2, 0.25) is 0 Å². The third-order valence-electron chi connectivity index (χ3n) is 1.63. The van der Waals surface area contributed by atoms with Gasteiger partial charge in [-0.05, 0) is 13.0 Å². The Labute approximate surface area is 57.0 Å². The minimum atomic E-state index is 0.634. The Kier molecular flexibility index (Phi) is 2.49. The first-order valence-electron chi connectivity index (χ1n) is 3.76. The summed E-state index contributed by atoms with van der Waals surface area (Å²) in [5.41, 5.74) is 0. The Morgan fingerprint density at radius 2 is 2.33 bits per heavy atom. The summed E-state index contributed by atoms with van der Waals surface area (Å²) in [5, 5.41) is 6.79. The zero-order chi connectivity index (χ0) is 6.69. The largest absolute Gasteiger partial charge is 0.315 e. The van der Waals surface area contributed by atoms with Gasteiger partial charge in [0.05, 0.1) is 0 Å². The smallest absolute Gasteiger partial charge is 0.0206 e. The van der Waals surface area contributed by atoms with Crippen LogP contribution < -0.4 is 10.6 Å². The van der Waals surface area contributed by atoms with E-state index in [-0.39, 0.29) is 0 Å². The van der Waals surface area contributed by atoms with Gasteiger partial charge in [-0.15, -0.1) is 0 Å². The van der Waals surface area contributed by atoms with Crippen LogP contribution in [0.25, 0.3) is 0 Å². The van der Waals surface area contributed by atoms with Gasteiger partial charge in [0.25, 0.3) is 0 Å². The van der Waals surface area contributed by atoms with Crippen LogP contribution in [0.15, 0.2) is 0 Å². The molecule has 0 saturated carbocycles. The highest BCUT2D eigenvalue weighted by Gasteiger charge is 2.13. The van der Waals surface area contributed by atoms with Crippen molar-refractivity contribution in [1.29, 1.82) is 0 Å².